The highest BCUT2D eigenvalue weighted by molar-refractivity contribution is 5.10. The van der Waals surface area contributed by atoms with Crippen LogP contribution in [0, 0.1) is 46.3 Å². The molecule has 0 amide bonds. The molecule has 0 heterocycles. The molecule has 4 aliphatic carbocycles. The molecule has 0 bridgehead atoms. The Morgan fingerprint density at radius 2 is 1.59 bits per heavy atom. The van der Waals surface area contributed by atoms with E-state index in [2.05, 4.69) is 34.6 Å². The van der Waals surface area contributed by atoms with Crippen LogP contribution in [-0.2, 0) is 0 Å². The van der Waals surface area contributed by atoms with Crippen molar-refractivity contribution >= 4 is 0 Å². The third kappa shape index (κ3) is 3.73. The second kappa shape index (κ2) is 7.80. The third-order valence-electron chi connectivity index (χ3n) is 11.1. The number of aliphatic hydroxyl groups excluding tert-OH is 1. The molecule has 0 aliphatic heterocycles. The van der Waals surface area contributed by atoms with Gasteiger partial charge < -0.3 is 10.2 Å². The molecular formula is C27H48O2. The topological polar surface area (TPSA) is 40.5 Å². The third-order valence-corrected chi connectivity index (χ3v) is 11.1. The molecule has 29 heavy (non-hydrogen) atoms. The van der Waals surface area contributed by atoms with Crippen LogP contribution < -0.4 is 0 Å². The van der Waals surface area contributed by atoms with Gasteiger partial charge >= 0.3 is 0 Å². The van der Waals surface area contributed by atoms with Crippen molar-refractivity contribution < 1.29 is 10.2 Å². The molecule has 4 rings (SSSR count). The van der Waals surface area contributed by atoms with Gasteiger partial charge in [0.1, 0.15) is 0 Å². The average Bonchev–Trinajstić information content (AvgIpc) is 3.03. The molecule has 4 fully saturated rings. The Balaban J connectivity index is 1.48. The summed E-state index contributed by atoms with van der Waals surface area (Å²) in [6.45, 7) is 11.9. The molecule has 0 saturated heterocycles. The van der Waals surface area contributed by atoms with Crippen LogP contribution in [0.1, 0.15) is 112 Å². The van der Waals surface area contributed by atoms with Crippen molar-refractivity contribution in [3.05, 3.63) is 0 Å². The van der Waals surface area contributed by atoms with Crippen LogP contribution in [0.3, 0.4) is 0 Å². The fourth-order valence-electron chi connectivity index (χ4n) is 9.27. The van der Waals surface area contributed by atoms with Crippen LogP contribution >= 0.6 is 0 Å². The number of hydrogen-bond donors (Lipinski definition) is 2. The maximum absolute atomic E-state index is 10.7. The van der Waals surface area contributed by atoms with Gasteiger partial charge in [-0.2, -0.15) is 0 Å². The molecule has 0 spiro atoms. The fourth-order valence-corrected chi connectivity index (χ4v) is 9.27. The van der Waals surface area contributed by atoms with Crippen molar-refractivity contribution in [1.82, 2.24) is 0 Å². The monoisotopic (exact) mass is 404 g/mol. The molecule has 2 nitrogen and oxygen atoms in total. The highest BCUT2D eigenvalue weighted by Gasteiger charge is 2.61. The molecule has 168 valence electrons. The van der Waals surface area contributed by atoms with Gasteiger partial charge in [0.25, 0.3) is 0 Å². The first kappa shape index (κ1) is 22.1. The summed E-state index contributed by atoms with van der Waals surface area (Å²) in [5, 5.41) is 20.8. The zero-order valence-electron chi connectivity index (χ0n) is 19.9. The standard InChI is InChI=1S/C27H48O2/c1-6-20(28)9-7-18(2)22-11-12-23-21-10-8-19-17-25(3,29)15-16-26(19,4)24(21)13-14-27(22,23)5/h18-24,28-29H,6-17H2,1-5H3/t18-,19+,20-,21+,22-,23+,24+,25+,26+,27-/m1/s1. The number of fused-ring (bicyclic) bond motifs is 5. The Morgan fingerprint density at radius 3 is 2.31 bits per heavy atom. The predicted molar refractivity (Wildman–Crippen MR) is 121 cm³/mol. The maximum Gasteiger partial charge on any atom is 0.0622 e. The zero-order valence-corrected chi connectivity index (χ0v) is 19.9. The van der Waals surface area contributed by atoms with Crippen molar-refractivity contribution in [2.75, 3.05) is 0 Å². The minimum Gasteiger partial charge on any atom is -0.393 e. The maximum atomic E-state index is 10.7. The van der Waals surface area contributed by atoms with Gasteiger partial charge in [-0.05, 0) is 130 Å². The quantitative estimate of drug-likeness (QED) is 0.543. The van der Waals surface area contributed by atoms with Crippen LogP contribution in [0.2, 0.25) is 0 Å². The van der Waals surface area contributed by atoms with Crippen molar-refractivity contribution in [1.29, 1.82) is 0 Å². The summed E-state index contributed by atoms with van der Waals surface area (Å²) in [6, 6.07) is 0. The van der Waals surface area contributed by atoms with E-state index in [1.807, 2.05) is 0 Å². The average molecular weight is 405 g/mol. The normalized spacial score (nSPS) is 51.6. The SMILES string of the molecule is CC[C@@H](O)CC[C@@H](C)[C@H]1CC[C@H]2[C@@H]3CC[C@H]4C[C@@](C)(O)CC[C@]4(C)[C@H]3CC[C@]12C. The summed E-state index contributed by atoms with van der Waals surface area (Å²) in [5.74, 6) is 5.09. The zero-order chi connectivity index (χ0) is 21.0. The van der Waals surface area contributed by atoms with E-state index in [4.69, 9.17) is 0 Å². The molecule has 2 N–H and O–H groups in total. The molecule has 0 radical (unpaired) electrons. The Labute approximate surface area is 180 Å². The minimum absolute atomic E-state index is 0.100. The van der Waals surface area contributed by atoms with Gasteiger partial charge in [-0.3, -0.25) is 0 Å². The Bertz CT molecular complexity index is 585. The van der Waals surface area contributed by atoms with Crippen LogP contribution in [-0.4, -0.2) is 21.9 Å². The van der Waals surface area contributed by atoms with E-state index in [1.54, 1.807) is 0 Å². The molecule has 0 aromatic rings. The Kier molecular flexibility index (Phi) is 5.95. The summed E-state index contributed by atoms with van der Waals surface area (Å²) in [5.41, 5.74) is 0.583. The predicted octanol–water partition coefficient (Wildman–Crippen LogP) is 6.58. The van der Waals surface area contributed by atoms with Crippen molar-refractivity contribution in [2.24, 2.45) is 46.3 Å². The molecule has 4 aliphatic rings. The smallest absolute Gasteiger partial charge is 0.0622 e. The van der Waals surface area contributed by atoms with Crippen molar-refractivity contribution in [3.63, 3.8) is 0 Å². The van der Waals surface area contributed by atoms with Gasteiger partial charge in [0, 0.05) is 0 Å². The highest BCUT2D eigenvalue weighted by atomic mass is 16.3. The van der Waals surface area contributed by atoms with Gasteiger partial charge in [0.2, 0.25) is 0 Å². The summed E-state index contributed by atoms with van der Waals surface area (Å²) in [4.78, 5) is 0. The molecular weight excluding hydrogens is 356 g/mol. The fraction of sp³-hybridized carbons (Fsp3) is 1.00. The second-order valence-corrected chi connectivity index (χ2v) is 12.7. The van der Waals surface area contributed by atoms with Crippen LogP contribution in [0.15, 0.2) is 0 Å². The lowest BCUT2D eigenvalue weighted by atomic mass is 9.43. The lowest BCUT2D eigenvalue weighted by Gasteiger charge is -2.62. The van der Waals surface area contributed by atoms with Crippen LogP contribution in [0.5, 0.6) is 0 Å². The lowest BCUT2D eigenvalue weighted by molar-refractivity contribution is -0.148. The molecule has 0 aromatic heterocycles. The molecule has 0 aromatic carbocycles. The molecule has 4 saturated carbocycles. The first-order valence-corrected chi connectivity index (χ1v) is 13.0. The van der Waals surface area contributed by atoms with Gasteiger partial charge in [-0.15, -0.1) is 0 Å². The van der Waals surface area contributed by atoms with Crippen LogP contribution in [0.25, 0.3) is 0 Å². The summed E-state index contributed by atoms with van der Waals surface area (Å²) < 4.78 is 0. The van der Waals surface area contributed by atoms with E-state index in [0.717, 1.165) is 61.2 Å². The number of aliphatic hydroxyl groups is 2. The van der Waals surface area contributed by atoms with E-state index in [9.17, 15) is 10.2 Å². The molecule has 10 atom stereocenters. The van der Waals surface area contributed by atoms with Crippen molar-refractivity contribution in [2.45, 2.75) is 123 Å². The first-order chi connectivity index (χ1) is 13.6. The summed E-state index contributed by atoms with van der Waals surface area (Å²) in [7, 11) is 0. The van der Waals surface area contributed by atoms with Gasteiger partial charge in [-0.25, -0.2) is 0 Å². The lowest BCUT2D eigenvalue weighted by Crippen LogP contribution is -2.55. The second-order valence-electron chi connectivity index (χ2n) is 12.7. The molecule has 2 heteroatoms. The summed E-state index contributed by atoms with van der Waals surface area (Å²) in [6.07, 6.45) is 14.7. The van der Waals surface area contributed by atoms with E-state index in [1.165, 1.54) is 51.4 Å². The van der Waals surface area contributed by atoms with Gasteiger partial charge in [0.15, 0.2) is 0 Å². The Morgan fingerprint density at radius 1 is 0.862 bits per heavy atom. The minimum atomic E-state index is -0.420. The van der Waals surface area contributed by atoms with E-state index < -0.39 is 5.60 Å². The number of hydrogen-bond acceptors (Lipinski definition) is 2. The largest absolute Gasteiger partial charge is 0.393 e. The van der Waals surface area contributed by atoms with E-state index >= 15 is 0 Å². The van der Waals surface area contributed by atoms with E-state index in [-0.39, 0.29) is 6.10 Å². The van der Waals surface area contributed by atoms with Gasteiger partial charge in [-0.1, -0.05) is 27.7 Å². The van der Waals surface area contributed by atoms with Crippen LogP contribution in [0.4, 0.5) is 0 Å². The summed E-state index contributed by atoms with van der Waals surface area (Å²) >= 11 is 0. The highest BCUT2D eigenvalue weighted by Crippen LogP contribution is 2.68. The van der Waals surface area contributed by atoms with Gasteiger partial charge in [0.05, 0.1) is 11.7 Å². The first-order valence-electron chi connectivity index (χ1n) is 13.0. The Hall–Kier alpha value is -0.0800. The number of rotatable bonds is 5. The van der Waals surface area contributed by atoms with Crippen molar-refractivity contribution in [3.8, 4) is 0 Å². The molecule has 0 unspecified atom stereocenters. The van der Waals surface area contributed by atoms with E-state index in [0.29, 0.717) is 10.8 Å².